The molecule has 0 spiro atoms. The van der Waals surface area contributed by atoms with E-state index in [4.69, 9.17) is 9.47 Å². The number of anilines is 1. The average molecular weight is 567 g/mol. The highest BCUT2D eigenvalue weighted by Gasteiger charge is 2.32. The topological polar surface area (TPSA) is 107 Å². The number of alkyl halides is 3. The first-order valence-electron chi connectivity index (χ1n) is 11.2. The molecule has 4 rings (SSSR count). The van der Waals surface area contributed by atoms with Crippen molar-refractivity contribution < 1.29 is 45.0 Å². The lowest BCUT2D eigenvalue weighted by atomic mass is 9.95. The van der Waals surface area contributed by atoms with Crippen LogP contribution in [-0.2, 0) is 9.84 Å². The van der Waals surface area contributed by atoms with E-state index in [1.54, 1.807) is 0 Å². The van der Waals surface area contributed by atoms with Crippen LogP contribution < -0.4 is 19.5 Å². The molecule has 0 aliphatic heterocycles. The van der Waals surface area contributed by atoms with Crippen LogP contribution in [0.3, 0.4) is 0 Å². The molecule has 0 aliphatic carbocycles. The summed E-state index contributed by atoms with van der Waals surface area (Å²) in [6.45, 7) is 0. The molecule has 0 radical (unpaired) electrons. The Balaban J connectivity index is 1.86. The second kappa shape index (κ2) is 10.5. The van der Waals surface area contributed by atoms with Crippen LogP contribution in [0.1, 0.15) is 22.0 Å². The monoisotopic (exact) mass is 566 g/mol. The Kier molecular flexibility index (Phi) is 7.46. The van der Waals surface area contributed by atoms with Gasteiger partial charge in [0.2, 0.25) is 0 Å². The first-order chi connectivity index (χ1) is 18.3. The second-order valence-corrected chi connectivity index (χ2v) is 10.5. The highest BCUT2D eigenvalue weighted by molar-refractivity contribution is 7.90. The Labute approximate surface area is 220 Å². The van der Waals surface area contributed by atoms with E-state index in [-0.39, 0.29) is 38.6 Å². The summed E-state index contributed by atoms with van der Waals surface area (Å²) >= 11 is 0. The van der Waals surface area contributed by atoms with E-state index in [0.29, 0.717) is 5.52 Å². The van der Waals surface area contributed by atoms with E-state index < -0.39 is 39.6 Å². The minimum Gasteiger partial charge on any atom is -0.497 e. The van der Waals surface area contributed by atoms with E-state index in [1.807, 2.05) is 0 Å². The number of methoxy groups -OCH3 is 2. The molecule has 1 heterocycles. The van der Waals surface area contributed by atoms with Crippen LogP contribution >= 0.6 is 0 Å². The summed E-state index contributed by atoms with van der Waals surface area (Å²) in [5, 5.41) is 3.10. The largest absolute Gasteiger partial charge is 0.573 e. The third kappa shape index (κ3) is 6.25. The molecule has 13 heteroatoms. The van der Waals surface area contributed by atoms with Gasteiger partial charge >= 0.3 is 6.36 Å². The van der Waals surface area contributed by atoms with E-state index in [0.717, 1.165) is 30.5 Å². The van der Waals surface area contributed by atoms with Crippen molar-refractivity contribution in [3.63, 3.8) is 0 Å². The molecule has 0 fully saturated rings. The van der Waals surface area contributed by atoms with Gasteiger partial charge in [-0.25, -0.2) is 12.8 Å². The zero-order chi connectivity index (χ0) is 28.5. The number of fused-ring (bicyclic) bond motifs is 1. The van der Waals surface area contributed by atoms with Crippen molar-refractivity contribution in [1.29, 1.82) is 0 Å². The third-order valence-corrected chi connectivity index (χ3v) is 6.87. The number of hydrogen-bond donors (Lipinski definition) is 2. The third-order valence-electron chi connectivity index (χ3n) is 5.78. The molecule has 206 valence electrons. The van der Waals surface area contributed by atoms with Crippen molar-refractivity contribution in [1.82, 2.24) is 4.98 Å². The molecule has 0 amide bonds. The van der Waals surface area contributed by atoms with Gasteiger partial charge in [0.1, 0.15) is 29.1 Å². The number of nitrogens with one attached hydrogen (secondary N) is 2. The maximum absolute atomic E-state index is 14.0. The number of carbonyl (C=O) groups is 1. The van der Waals surface area contributed by atoms with Crippen LogP contribution in [0.25, 0.3) is 10.9 Å². The summed E-state index contributed by atoms with van der Waals surface area (Å²) in [6, 6.07) is 9.73. The number of ketones is 1. The molecule has 1 aromatic heterocycles. The van der Waals surface area contributed by atoms with Gasteiger partial charge in [-0.15, -0.1) is 13.2 Å². The second-order valence-electron chi connectivity index (χ2n) is 8.45. The predicted octanol–water partition coefficient (Wildman–Crippen LogP) is 5.66. The van der Waals surface area contributed by atoms with Crippen molar-refractivity contribution in [3.8, 4) is 17.2 Å². The fraction of sp³-hybridized carbons (Fsp3) is 0.192. The Hall–Kier alpha value is -4.26. The quantitative estimate of drug-likeness (QED) is 0.199. The van der Waals surface area contributed by atoms with Gasteiger partial charge in [-0.2, -0.15) is 0 Å². The van der Waals surface area contributed by atoms with E-state index in [1.165, 1.54) is 50.7 Å². The molecule has 1 unspecified atom stereocenters. The number of rotatable bonds is 9. The summed E-state index contributed by atoms with van der Waals surface area (Å²) in [5.41, 5.74) is 0.705. The standard InChI is InChI=1S/C26H22F4N2O6S/c1-36-17-9-15(10-18(11-17)39(3,34)35)32-24(19-6-4-14(27)8-23(19)37-2)25(33)21-13-31-22-7-5-16(12-20(21)22)38-26(28,29)30/h4-13,24,31-32H,1-3H3. The molecule has 0 saturated carbocycles. The first-order valence-corrected chi connectivity index (χ1v) is 13.1. The van der Waals surface area contributed by atoms with E-state index >= 15 is 0 Å². The molecule has 4 aromatic rings. The van der Waals surface area contributed by atoms with Crippen LogP contribution in [-0.4, -0.2) is 46.0 Å². The molecular weight excluding hydrogens is 544 g/mol. The molecule has 2 N–H and O–H groups in total. The number of carbonyl (C=O) groups excluding carboxylic acids is 1. The normalized spacial score (nSPS) is 12.7. The molecule has 0 saturated heterocycles. The van der Waals surface area contributed by atoms with Crippen molar-refractivity contribution in [3.05, 3.63) is 77.7 Å². The first kappa shape index (κ1) is 27.8. The smallest absolute Gasteiger partial charge is 0.497 e. The molecular formula is C26H22F4N2O6S. The number of aromatic nitrogens is 1. The summed E-state index contributed by atoms with van der Waals surface area (Å²) < 4.78 is 91.4. The predicted molar refractivity (Wildman–Crippen MR) is 135 cm³/mol. The van der Waals surface area contributed by atoms with Gasteiger partial charge in [-0.1, -0.05) is 0 Å². The lowest BCUT2D eigenvalue weighted by Crippen LogP contribution is -2.22. The summed E-state index contributed by atoms with van der Waals surface area (Å²) in [6.07, 6.45) is -2.62. The molecule has 0 bridgehead atoms. The van der Waals surface area contributed by atoms with Crippen LogP contribution in [0.15, 0.2) is 65.7 Å². The SMILES string of the molecule is COc1cc(NC(C(=O)c2c[nH]c3ccc(OC(F)(F)F)cc23)c2ccc(F)cc2OC)cc(S(C)(=O)=O)c1. The highest BCUT2D eigenvalue weighted by atomic mass is 32.2. The van der Waals surface area contributed by atoms with Crippen molar-refractivity contribution >= 4 is 32.2 Å². The van der Waals surface area contributed by atoms with Gasteiger partial charge in [-0.05, 0) is 42.5 Å². The van der Waals surface area contributed by atoms with Gasteiger partial charge in [0.15, 0.2) is 15.6 Å². The van der Waals surface area contributed by atoms with Gasteiger partial charge < -0.3 is 24.5 Å². The lowest BCUT2D eigenvalue weighted by molar-refractivity contribution is -0.274. The number of sulfone groups is 1. The Morgan fingerprint density at radius 2 is 1.72 bits per heavy atom. The molecule has 3 aromatic carbocycles. The fourth-order valence-electron chi connectivity index (χ4n) is 4.02. The molecule has 1 atom stereocenters. The Morgan fingerprint density at radius 3 is 2.36 bits per heavy atom. The number of benzene rings is 3. The fourth-order valence-corrected chi connectivity index (χ4v) is 4.69. The molecule has 39 heavy (non-hydrogen) atoms. The number of hydrogen-bond acceptors (Lipinski definition) is 7. The van der Waals surface area contributed by atoms with Gasteiger partial charge in [0, 0.05) is 52.3 Å². The van der Waals surface area contributed by atoms with Crippen LogP contribution in [0.2, 0.25) is 0 Å². The van der Waals surface area contributed by atoms with E-state index in [9.17, 15) is 30.8 Å². The van der Waals surface area contributed by atoms with Crippen LogP contribution in [0, 0.1) is 5.82 Å². The number of halogens is 4. The molecule has 0 aliphatic rings. The maximum atomic E-state index is 14.0. The van der Waals surface area contributed by atoms with Crippen LogP contribution in [0.5, 0.6) is 17.2 Å². The summed E-state index contributed by atoms with van der Waals surface area (Å²) in [7, 11) is -1.06. The number of H-pyrrole nitrogens is 1. The van der Waals surface area contributed by atoms with E-state index in [2.05, 4.69) is 15.0 Å². The van der Waals surface area contributed by atoms with Crippen molar-refractivity contribution in [2.24, 2.45) is 0 Å². The lowest BCUT2D eigenvalue weighted by Gasteiger charge is -2.22. The zero-order valence-electron chi connectivity index (χ0n) is 20.7. The average Bonchev–Trinajstić information content (AvgIpc) is 3.28. The van der Waals surface area contributed by atoms with Gasteiger partial charge in [0.25, 0.3) is 0 Å². The molecule has 8 nitrogen and oxygen atoms in total. The van der Waals surface area contributed by atoms with Gasteiger partial charge in [-0.3, -0.25) is 4.79 Å². The highest BCUT2D eigenvalue weighted by Crippen LogP contribution is 2.36. The van der Waals surface area contributed by atoms with Crippen molar-refractivity contribution in [2.45, 2.75) is 17.3 Å². The summed E-state index contributed by atoms with van der Waals surface area (Å²) in [4.78, 5) is 16.7. The minimum absolute atomic E-state index is 0.00673. The van der Waals surface area contributed by atoms with Crippen molar-refractivity contribution in [2.75, 3.05) is 25.8 Å². The van der Waals surface area contributed by atoms with Crippen LogP contribution in [0.4, 0.5) is 23.2 Å². The number of ether oxygens (including phenoxy) is 3. The zero-order valence-corrected chi connectivity index (χ0v) is 21.5. The summed E-state index contributed by atoms with van der Waals surface area (Å²) in [5.74, 6) is -1.62. The minimum atomic E-state index is -4.94. The van der Waals surface area contributed by atoms with Gasteiger partial charge in [0.05, 0.1) is 19.1 Å². The maximum Gasteiger partial charge on any atom is 0.573 e. The number of Topliss-reactive ketones (excluding diaryl/α,β-unsaturated/α-hetero) is 1. The Bertz CT molecular complexity index is 1650. The Morgan fingerprint density at radius 1 is 0.974 bits per heavy atom. The number of aromatic amines is 1.